The number of carbonyl (C=O) groups is 5. The highest BCUT2D eigenvalue weighted by Gasteiger charge is 2.28. The van der Waals surface area contributed by atoms with Crippen LogP contribution in [0.25, 0.3) is 0 Å². The fourth-order valence-electron chi connectivity index (χ4n) is 2.98. The van der Waals surface area contributed by atoms with Gasteiger partial charge in [-0.15, -0.1) is 0 Å². The lowest BCUT2D eigenvalue weighted by molar-refractivity contribution is -0.158. The summed E-state index contributed by atoms with van der Waals surface area (Å²) in [5.74, 6) is -1.77. The molecular weight excluding hydrogens is 512 g/mol. The summed E-state index contributed by atoms with van der Waals surface area (Å²) in [6.45, 7) is 9.59. The number of thioether (sulfide) groups is 1. The van der Waals surface area contributed by atoms with Crippen molar-refractivity contribution in [1.82, 2.24) is 21.3 Å². The van der Waals surface area contributed by atoms with Gasteiger partial charge in [0, 0.05) is 0 Å². The van der Waals surface area contributed by atoms with E-state index in [9.17, 15) is 24.0 Å². The molecule has 0 aliphatic heterocycles. The molecule has 12 heteroatoms. The van der Waals surface area contributed by atoms with Gasteiger partial charge < -0.3 is 30.7 Å². The molecule has 4 N–H and O–H groups in total. The van der Waals surface area contributed by atoms with Crippen molar-refractivity contribution < 1.29 is 33.4 Å². The zero-order chi connectivity index (χ0) is 28.9. The fourth-order valence-corrected chi connectivity index (χ4v) is 3.45. The van der Waals surface area contributed by atoms with Crippen LogP contribution >= 0.6 is 11.8 Å². The molecule has 38 heavy (non-hydrogen) atoms. The first-order valence-corrected chi connectivity index (χ1v) is 13.7. The zero-order valence-corrected chi connectivity index (χ0v) is 23.9. The molecule has 0 radical (unpaired) electrons. The molecule has 0 spiro atoms. The summed E-state index contributed by atoms with van der Waals surface area (Å²) < 4.78 is 10.4. The first-order valence-electron chi connectivity index (χ1n) is 12.3. The Morgan fingerprint density at radius 2 is 1.34 bits per heavy atom. The molecule has 0 aromatic heterocycles. The average Bonchev–Trinajstić information content (AvgIpc) is 2.84. The van der Waals surface area contributed by atoms with Crippen LogP contribution in [0.2, 0.25) is 0 Å². The molecule has 1 aromatic rings. The molecule has 4 atom stereocenters. The second-order valence-electron chi connectivity index (χ2n) is 9.76. The van der Waals surface area contributed by atoms with Crippen LogP contribution in [-0.2, 0) is 35.3 Å². The van der Waals surface area contributed by atoms with Crippen molar-refractivity contribution in [1.29, 1.82) is 0 Å². The molecule has 4 amide bonds. The van der Waals surface area contributed by atoms with Gasteiger partial charge in [-0.25, -0.2) is 9.59 Å². The van der Waals surface area contributed by atoms with Gasteiger partial charge in [0.1, 0.15) is 36.4 Å². The van der Waals surface area contributed by atoms with E-state index < -0.39 is 59.6 Å². The van der Waals surface area contributed by atoms with Gasteiger partial charge in [0.15, 0.2) is 0 Å². The normalized spacial score (nSPS) is 14.2. The SMILES string of the molecule is CSCC[C@H](NC(=O)OCc1ccccc1)C(=O)N[C@@H](C)C(=O)N[C@@H](C)C(=O)N[C@@H](C)C(=O)OC(C)(C)C. The predicted octanol–water partition coefficient (Wildman–Crippen LogP) is 1.89. The van der Waals surface area contributed by atoms with Gasteiger partial charge in [-0.3, -0.25) is 14.4 Å². The Hall–Kier alpha value is -3.28. The maximum Gasteiger partial charge on any atom is 0.408 e. The molecule has 0 aliphatic rings. The standard InChI is InChI=1S/C26H40N4O7S/c1-16(22(32)29-18(3)24(34)37-26(4,5)6)27-21(31)17(2)28-23(33)20(13-14-38-7)30-25(35)36-15-19-11-9-8-10-12-19/h8-12,16-18,20H,13-15H2,1-7H3,(H,27,31)(H,28,33)(H,29,32)(H,30,35)/t16-,17-,18-,20-/m0/s1. The number of alkyl carbamates (subject to hydrolysis) is 1. The molecular formula is C26H40N4O7S. The minimum atomic E-state index is -1.00. The highest BCUT2D eigenvalue weighted by Crippen LogP contribution is 2.08. The number of carbonyl (C=O) groups excluding carboxylic acids is 5. The van der Waals surface area contributed by atoms with Gasteiger partial charge >= 0.3 is 12.1 Å². The molecule has 0 saturated heterocycles. The van der Waals surface area contributed by atoms with Crippen molar-refractivity contribution in [3.05, 3.63) is 35.9 Å². The van der Waals surface area contributed by atoms with E-state index in [1.165, 1.54) is 32.5 Å². The van der Waals surface area contributed by atoms with E-state index in [-0.39, 0.29) is 6.61 Å². The summed E-state index contributed by atoms with van der Waals surface area (Å²) >= 11 is 1.50. The third-order valence-electron chi connectivity index (χ3n) is 5.06. The van der Waals surface area contributed by atoms with Gasteiger partial charge in [-0.2, -0.15) is 11.8 Å². The van der Waals surface area contributed by atoms with Gasteiger partial charge in [0.05, 0.1) is 0 Å². The Morgan fingerprint density at radius 3 is 1.87 bits per heavy atom. The molecule has 1 rings (SSSR count). The Bertz CT molecular complexity index is 953. The van der Waals surface area contributed by atoms with Crippen molar-refractivity contribution in [2.45, 2.75) is 84.3 Å². The second kappa shape index (κ2) is 15.9. The van der Waals surface area contributed by atoms with Crippen molar-refractivity contribution >= 4 is 41.5 Å². The highest BCUT2D eigenvalue weighted by atomic mass is 32.2. The number of amides is 4. The number of rotatable bonds is 13. The molecule has 11 nitrogen and oxygen atoms in total. The molecule has 0 saturated carbocycles. The number of hydrogen-bond acceptors (Lipinski definition) is 8. The maximum atomic E-state index is 12.8. The van der Waals surface area contributed by atoms with Gasteiger partial charge in [-0.05, 0) is 65.5 Å². The number of esters is 1. The Balaban J connectivity index is 2.61. The smallest absolute Gasteiger partial charge is 0.408 e. The highest BCUT2D eigenvalue weighted by molar-refractivity contribution is 7.98. The second-order valence-corrected chi connectivity index (χ2v) is 10.8. The first kappa shape index (κ1) is 32.7. The topological polar surface area (TPSA) is 152 Å². The average molecular weight is 553 g/mol. The zero-order valence-electron chi connectivity index (χ0n) is 23.1. The van der Waals surface area contributed by atoms with Gasteiger partial charge in [-0.1, -0.05) is 30.3 Å². The molecule has 0 heterocycles. The van der Waals surface area contributed by atoms with Crippen LogP contribution in [0.4, 0.5) is 4.79 Å². The van der Waals surface area contributed by atoms with E-state index in [1.807, 2.05) is 36.6 Å². The summed E-state index contributed by atoms with van der Waals surface area (Å²) in [6.07, 6.45) is 1.44. The number of hydrogen-bond donors (Lipinski definition) is 4. The lowest BCUT2D eigenvalue weighted by Crippen LogP contribution is -2.56. The van der Waals surface area contributed by atoms with Crippen LogP contribution < -0.4 is 21.3 Å². The molecule has 0 bridgehead atoms. The Kier molecular flexibility index (Phi) is 13.7. The van der Waals surface area contributed by atoms with Crippen molar-refractivity contribution in [2.75, 3.05) is 12.0 Å². The monoisotopic (exact) mass is 552 g/mol. The van der Waals surface area contributed by atoms with Crippen molar-refractivity contribution in [2.24, 2.45) is 0 Å². The van der Waals surface area contributed by atoms with E-state index in [1.54, 1.807) is 20.8 Å². The molecule has 1 aromatic carbocycles. The molecule has 0 fully saturated rings. The number of benzene rings is 1. The minimum absolute atomic E-state index is 0.0504. The van der Waals surface area contributed by atoms with Crippen LogP contribution in [0.5, 0.6) is 0 Å². The summed E-state index contributed by atoms with van der Waals surface area (Å²) in [6, 6.07) is 5.30. The fraction of sp³-hybridized carbons (Fsp3) is 0.577. The van der Waals surface area contributed by atoms with Crippen molar-refractivity contribution in [3.8, 4) is 0 Å². The van der Waals surface area contributed by atoms with E-state index in [4.69, 9.17) is 9.47 Å². The maximum absolute atomic E-state index is 12.8. The van der Waals surface area contributed by atoms with Crippen molar-refractivity contribution in [3.63, 3.8) is 0 Å². The van der Waals surface area contributed by atoms with Crippen LogP contribution in [0.3, 0.4) is 0 Å². The lowest BCUT2D eigenvalue weighted by Gasteiger charge is -2.24. The predicted molar refractivity (Wildman–Crippen MR) is 145 cm³/mol. The van der Waals surface area contributed by atoms with Crippen LogP contribution in [0.15, 0.2) is 30.3 Å². The molecule has 0 unspecified atom stereocenters. The van der Waals surface area contributed by atoms with Crippen LogP contribution in [0, 0.1) is 0 Å². The summed E-state index contributed by atoms with van der Waals surface area (Å²) in [5.41, 5.74) is 0.0988. The third-order valence-corrected chi connectivity index (χ3v) is 5.70. The molecule has 212 valence electrons. The van der Waals surface area contributed by atoms with E-state index in [0.717, 1.165) is 5.56 Å². The Morgan fingerprint density at radius 1 is 0.816 bits per heavy atom. The van der Waals surface area contributed by atoms with Crippen LogP contribution in [0.1, 0.15) is 53.5 Å². The first-order chi connectivity index (χ1) is 17.7. The largest absolute Gasteiger partial charge is 0.458 e. The van der Waals surface area contributed by atoms with E-state index >= 15 is 0 Å². The van der Waals surface area contributed by atoms with Gasteiger partial charge in [0.2, 0.25) is 17.7 Å². The minimum Gasteiger partial charge on any atom is -0.458 e. The quantitative estimate of drug-likeness (QED) is 0.271. The molecule has 0 aliphatic carbocycles. The van der Waals surface area contributed by atoms with Crippen LogP contribution in [-0.4, -0.2) is 71.6 Å². The summed E-state index contributed by atoms with van der Waals surface area (Å²) in [5, 5.41) is 10.1. The van der Waals surface area contributed by atoms with Gasteiger partial charge in [0.25, 0.3) is 0 Å². The summed E-state index contributed by atoms with van der Waals surface area (Å²) in [4.78, 5) is 62.2. The Labute approximate surface area is 228 Å². The summed E-state index contributed by atoms with van der Waals surface area (Å²) in [7, 11) is 0. The van der Waals surface area contributed by atoms with E-state index in [2.05, 4.69) is 21.3 Å². The lowest BCUT2D eigenvalue weighted by atomic mass is 10.2. The number of ether oxygens (including phenoxy) is 2. The third kappa shape index (κ3) is 12.8. The number of nitrogens with one attached hydrogen (secondary N) is 4. The van der Waals surface area contributed by atoms with E-state index in [0.29, 0.717) is 12.2 Å².